The van der Waals surface area contributed by atoms with Crippen LogP contribution in [0.4, 0.5) is 19.0 Å². The van der Waals surface area contributed by atoms with Crippen LogP contribution in [0.2, 0.25) is 0 Å². The van der Waals surface area contributed by atoms with Gasteiger partial charge in [-0.15, -0.1) is 0 Å². The highest BCUT2D eigenvalue weighted by Gasteiger charge is 2.33. The predicted octanol–water partition coefficient (Wildman–Crippen LogP) is 5.15. The third-order valence-corrected chi connectivity index (χ3v) is 7.10. The summed E-state index contributed by atoms with van der Waals surface area (Å²) < 4.78 is 50.3. The van der Waals surface area contributed by atoms with Crippen molar-refractivity contribution in [3.05, 3.63) is 36.2 Å². The maximum atomic E-state index is 12.9. The Morgan fingerprint density at radius 2 is 1.76 bits per heavy atom. The van der Waals surface area contributed by atoms with Crippen LogP contribution in [0.5, 0.6) is 0 Å². The van der Waals surface area contributed by atoms with E-state index in [1.165, 1.54) is 6.07 Å². The van der Waals surface area contributed by atoms with Crippen molar-refractivity contribution in [1.82, 2.24) is 19.9 Å². The number of ether oxygens (including phenoxy) is 2. The van der Waals surface area contributed by atoms with Gasteiger partial charge in [-0.2, -0.15) is 13.2 Å². The smallest absolute Gasteiger partial charge is 0.433 e. The lowest BCUT2D eigenvalue weighted by Crippen LogP contribution is -2.39. The molecule has 0 amide bonds. The minimum absolute atomic E-state index is 0.00359. The number of nitrogens with zero attached hydrogens (tertiary/aromatic N) is 4. The van der Waals surface area contributed by atoms with Gasteiger partial charge in [0.15, 0.2) is 5.65 Å². The number of hydrogen-bond donors (Lipinski definition) is 1. The molecule has 0 bridgehead atoms. The molecule has 1 saturated heterocycles. The number of piperidine rings is 1. The van der Waals surface area contributed by atoms with E-state index in [-0.39, 0.29) is 29.7 Å². The van der Waals surface area contributed by atoms with Crippen molar-refractivity contribution in [3.63, 3.8) is 0 Å². The minimum Gasteiger partial charge on any atom is -0.466 e. The molecule has 1 aliphatic heterocycles. The van der Waals surface area contributed by atoms with Gasteiger partial charge in [0.25, 0.3) is 0 Å². The molecular formula is C26H30F3N5O3. The molecular weight excluding hydrogens is 487 g/mol. The summed E-state index contributed by atoms with van der Waals surface area (Å²) in [6.45, 7) is 3.91. The summed E-state index contributed by atoms with van der Waals surface area (Å²) in [5, 5.41) is 0. The molecule has 2 aliphatic rings. The fourth-order valence-corrected chi connectivity index (χ4v) is 5.09. The van der Waals surface area contributed by atoms with Crippen LogP contribution in [0.3, 0.4) is 0 Å². The summed E-state index contributed by atoms with van der Waals surface area (Å²) >= 11 is 0. The third-order valence-electron chi connectivity index (χ3n) is 7.10. The second-order valence-electron chi connectivity index (χ2n) is 9.60. The van der Waals surface area contributed by atoms with E-state index in [0.29, 0.717) is 23.5 Å². The van der Waals surface area contributed by atoms with Gasteiger partial charge in [0.2, 0.25) is 0 Å². The lowest BCUT2D eigenvalue weighted by Gasteiger charge is -2.36. The lowest BCUT2D eigenvalue weighted by atomic mass is 9.87. The molecule has 0 radical (unpaired) electrons. The third kappa shape index (κ3) is 5.87. The van der Waals surface area contributed by atoms with Crippen LogP contribution in [0.1, 0.15) is 51.1 Å². The van der Waals surface area contributed by atoms with E-state index < -0.39 is 11.9 Å². The van der Waals surface area contributed by atoms with Crippen molar-refractivity contribution >= 4 is 23.0 Å². The Bertz CT molecular complexity index is 1210. The summed E-state index contributed by atoms with van der Waals surface area (Å²) in [6.07, 6.45) is 2.79. The van der Waals surface area contributed by atoms with Crippen molar-refractivity contribution in [1.29, 1.82) is 0 Å². The van der Waals surface area contributed by atoms with Crippen LogP contribution in [0.15, 0.2) is 30.5 Å². The molecule has 11 heteroatoms. The van der Waals surface area contributed by atoms with E-state index in [2.05, 4.69) is 24.8 Å². The summed E-state index contributed by atoms with van der Waals surface area (Å²) in [6, 6.07) is 5.99. The number of nitrogens with one attached hydrogen (secondary N) is 1. The fourth-order valence-electron chi connectivity index (χ4n) is 5.09. The highest BCUT2D eigenvalue weighted by molar-refractivity contribution is 5.76. The van der Waals surface area contributed by atoms with Gasteiger partial charge in [-0.05, 0) is 69.7 Å². The standard InChI is InChI=1S/C26H30F3N5O3/c1-2-36-25(35)16-3-6-18(7-4-16)37-19-11-13-34(14-12-19)22-10-5-17(15-30-22)23-31-20-8-9-21(26(27,28)29)32-24(20)33-23/h5,8-10,15-16,18-19H,2-4,6-7,11-14H2,1H3,(H,31,32,33)/t16-,18-. The molecule has 1 aliphatic carbocycles. The maximum Gasteiger partial charge on any atom is 0.433 e. The van der Waals surface area contributed by atoms with Gasteiger partial charge in [-0.3, -0.25) is 4.79 Å². The maximum absolute atomic E-state index is 12.9. The number of fused-ring (bicyclic) bond motifs is 1. The zero-order valence-corrected chi connectivity index (χ0v) is 20.6. The second kappa shape index (κ2) is 10.6. The number of rotatable bonds is 6. The summed E-state index contributed by atoms with van der Waals surface area (Å²) in [5.74, 6) is 1.18. The SMILES string of the molecule is CCOC(=O)[C@H]1CC[C@H](OC2CCN(c3ccc(-c4nc5ccc(C(F)(F)F)nc5[nH]4)cn3)CC2)CC1. The average Bonchev–Trinajstić information content (AvgIpc) is 3.33. The molecule has 0 unspecified atom stereocenters. The van der Waals surface area contributed by atoms with Crippen LogP contribution in [0, 0.1) is 5.92 Å². The first-order chi connectivity index (χ1) is 17.8. The quantitative estimate of drug-likeness (QED) is 0.452. The van der Waals surface area contributed by atoms with E-state index >= 15 is 0 Å². The molecule has 0 atom stereocenters. The largest absolute Gasteiger partial charge is 0.466 e. The van der Waals surface area contributed by atoms with E-state index in [1.54, 1.807) is 6.20 Å². The molecule has 4 heterocycles. The molecule has 5 rings (SSSR count). The van der Waals surface area contributed by atoms with Gasteiger partial charge in [-0.1, -0.05) is 0 Å². The molecule has 3 aromatic heterocycles. The van der Waals surface area contributed by atoms with Crippen LogP contribution in [-0.2, 0) is 20.4 Å². The summed E-state index contributed by atoms with van der Waals surface area (Å²) in [5.41, 5.74) is 0.168. The highest BCUT2D eigenvalue weighted by Crippen LogP contribution is 2.31. The van der Waals surface area contributed by atoms with Crippen molar-refractivity contribution < 1.29 is 27.4 Å². The Hall–Kier alpha value is -3.21. The van der Waals surface area contributed by atoms with Crippen molar-refractivity contribution in [2.45, 2.75) is 63.8 Å². The first-order valence-corrected chi connectivity index (χ1v) is 12.8. The van der Waals surface area contributed by atoms with Gasteiger partial charge in [0.05, 0.1) is 24.7 Å². The van der Waals surface area contributed by atoms with Crippen LogP contribution >= 0.6 is 0 Å². The topological polar surface area (TPSA) is 93.2 Å². The van der Waals surface area contributed by atoms with Gasteiger partial charge >= 0.3 is 12.1 Å². The number of H-pyrrole nitrogens is 1. The number of halogens is 3. The number of hydrogen-bond acceptors (Lipinski definition) is 7. The number of pyridine rings is 2. The molecule has 0 spiro atoms. The Morgan fingerprint density at radius 1 is 1.03 bits per heavy atom. The molecule has 1 N–H and O–H groups in total. The highest BCUT2D eigenvalue weighted by atomic mass is 19.4. The number of aromatic amines is 1. The van der Waals surface area contributed by atoms with Crippen LogP contribution in [-0.4, -0.2) is 57.8 Å². The number of aromatic nitrogens is 4. The molecule has 2 fully saturated rings. The lowest BCUT2D eigenvalue weighted by molar-refractivity contribution is -0.150. The van der Waals surface area contributed by atoms with Crippen LogP contribution < -0.4 is 4.90 Å². The molecule has 3 aromatic rings. The zero-order chi connectivity index (χ0) is 26.0. The van der Waals surface area contributed by atoms with Gasteiger partial charge in [0.1, 0.15) is 22.9 Å². The first kappa shape index (κ1) is 25.4. The normalized spacial score (nSPS) is 21.4. The number of esters is 1. The molecule has 1 saturated carbocycles. The van der Waals surface area contributed by atoms with E-state index in [1.807, 2.05) is 19.1 Å². The Kier molecular flexibility index (Phi) is 7.32. The second-order valence-corrected chi connectivity index (χ2v) is 9.60. The van der Waals surface area contributed by atoms with Gasteiger partial charge in [0, 0.05) is 24.8 Å². The summed E-state index contributed by atoms with van der Waals surface area (Å²) in [7, 11) is 0. The Morgan fingerprint density at radius 3 is 2.41 bits per heavy atom. The average molecular weight is 518 g/mol. The molecule has 8 nitrogen and oxygen atoms in total. The van der Waals surface area contributed by atoms with E-state index in [0.717, 1.165) is 63.5 Å². The number of imidazole rings is 1. The molecule has 37 heavy (non-hydrogen) atoms. The van der Waals surface area contributed by atoms with Crippen molar-refractivity contribution in [2.24, 2.45) is 5.92 Å². The van der Waals surface area contributed by atoms with E-state index in [9.17, 15) is 18.0 Å². The fraction of sp³-hybridized carbons (Fsp3) is 0.538. The number of alkyl halides is 3. The number of anilines is 1. The minimum atomic E-state index is -4.51. The Labute approximate surface area is 212 Å². The summed E-state index contributed by atoms with van der Waals surface area (Å²) in [4.78, 5) is 29.6. The van der Waals surface area contributed by atoms with Crippen molar-refractivity contribution in [2.75, 3.05) is 24.6 Å². The number of carbonyl (C=O) groups excluding carboxylic acids is 1. The van der Waals surface area contributed by atoms with Crippen molar-refractivity contribution in [3.8, 4) is 11.4 Å². The molecule has 198 valence electrons. The predicted molar refractivity (Wildman–Crippen MR) is 131 cm³/mol. The zero-order valence-electron chi connectivity index (χ0n) is 20.6. The van der Waals surface area contributed by atoms with Gasteiger partial charge < -0.3 is 19.4 Å². The monoisotopic (exact) mass is 517 g/mol. The van der Waals surface area contributed by atoms with Gasteiger partial charge in [-0.25, -0.2) is 15.0 Å². The van der Waals surface area contributed by atoms with E-state index in [4.69, 9.17) is 9.47 Å². The van der Waals surface area contributed by atoms with Crippen LogP contribution in [0.25, 0.3) is 22.6 Å². The molecule has 0 aromatic carbocycles. The Balaban J connectivity index is 1.13. The first-order valence-electron chi connectivity index (χ1n) is 12.8. The number of carbonyl (C=O) groups is 1.